The van der Waals surface area contributed by atoms with Gasteiger partial charge in [-0.05, 0) is 61.8 Å². The van der Waals surface area contributed by atoms with E-state index in [4.69, 9.17) is 4.74 Å². The van der Waals surface area contributed by atoms with Gasteiger partial charge in [-0.2, -0.15) is 4.31 Å². The molecule has 148 valence electrons. The van der Waals surface area contributed by atoms with Crippen molar-refractivity contribution in [2.45, 2.75) is 43.4 Å². The Bertz CT molecular complexity index is 794. The molecule has 6 nitrogen and oxygen atoms in total. The molecule has 2 saturated heterocycles. The van der Waals surface area contributed by atoms with E-state index in [-0.39, 0.29) is 11.8 Å². The number of aryl methyl sites for hydroxylation is 2. The number of carbonyl (C=O) groups excluding carboxylic acids is 1. The zero-order valence-corrected chi connectivity index (χ0v) is 16.5. The highest BCUT2D eigenvalue weighted by Gasteiger charge is 2.32. The van der Waals surface area contributed by atoms with Crippen LogP contribution in [0.5, 0.6) is 0 Å². The van der Waals surface area contributed by atoms with E-state index >= 15 is 0 Å². The van der Waals surface area contributed by atoms with E-state index in [0.29, 0.717) is 43.3 Å². The van der Waals surface area contributed by atoms with Crippen LogP contribution in [0.3, 0.4) is 0 Å². The topological polar surface area (TPSA) is 75.7 Å². The van der Waals surface area contributed by atoms with Crippen molar-refractivity contribution < 1.29 is 17.9 Å². The Hall–Kier alpha value is -1.44. The smallest absolute Gasteiger partial charge is 0.243 e. The summed E-state index contributed by atoms with van der Waals surface area (Å²) in [6, 6.07) is 5.55. The van der Waals surface area contributed by atoms with Crippen molar-refractivity contribution in [2.75, 3.05) is 32.8 Å². The summed E-state index contributed by atoms with van der Waals surface area (Å²) in [6.07, 6.45) is 5.27. The van der Waals surface area contributed by atoms with Gasteiger partial charge in [-0.15, -0.1) is 0 Å². The fourth-order valence-electron chi connectivity index (χ4n) is 4.35. The van der Waals surface area contributed by atoms with Crippen molar-refractivity contribution in [1.29, 1.82) is 0 Å². The number of nitrogens with one attached hydrogen (secondary N) is 1. The van der Waals surface area contributed by atoms with Gasteiger partial charge in [0.25, 0.3) is 0 Å². The van der Waals surface area contributed by atoms with Crippen LogP contribution in [-0.2, 0) is 32.4 Å². The predicted octanol–water partition coefficient (Wildman–Crippen LogP) is 1.73. The normalized spacial score (nSPS) is 24.1. The zero-order valence-electron chi connectivity index (χ0n) is 15.7. The number of hydrogen-bond acceptors (Lipinski definition) is 4. The molecule has 0 saturated carbocycles. The summed E-state index contributed by atoms with van der Waals surface area (Å²) >= 11 is 0. The molecule has 1 atom stereocenters. The molecular formula is C20H28N2O4S. The molecule has 1 aromatic rings. The third-order valence-electron chi connectivity index (χ3n) is 6.12. The molecule has 3 aliphatic rings. The molecule has 2 fully saturated rings. The highest BCUT2D eigenvalue weighted by Crippen LogP contribution is 2.28. The van der Waals surface area contributed by atoms with E-state index in [2.05, 4.69) is 5.32 Å². The lowest BCUT2D eigenvalue weighted by Crippen LogP contribution is -2.43. The summed E-state index contributed by atoms with van der Waals surface area (Å²) in [5.41, 5.74) is 2.44. The van der Waals surface area contributed by atoms with Crippen molar-refractivity contribution in [1.82, 2.24) is 9.62 Å². The van der Waals surface area contributed by atoms with Gasteiger partial charge in [0.05, 0.1) is 11.5 Å². The molecule has 1 amide bonds. The van der Waals surface area contributed by atoms with Gasteiger partial charge in [-0.3, -0.25) is 4.79 Å². The maximum atomic E-state index is 13.0. The van der Waals surface area contributed by atoms with Crippen LogP contribution in [0.4, 0.5) is 0 Å². The van der Waals surface area contributed by atoms with Crippen LogP contribution in [0, 0.1) is 11.8 Å². The van der Waals surface area contributed by atoms with Crippen molar-refractivity contribution >= 4 is 15.9 Å². The van der Waals surface area contributed by atoms with Crippen LogP contribution in [0.15, 0.2) is 23.1 Å². The molecule has 1 N–H and O–H groups in total. The minimum Gasteiger partial charge on any atom is -0.381 e. The number of ether oxygens (including phenoxy) is 1. The highest BCUT2D eigenvalue weighted by atomic mass is 32.2. The molecule has 0 radical (unpaired) electrons. The minimum atomic E-state index is -3.47. The average molecular weight is 393 g/mol. The Balaban J connectivity index is 1.33. The van der Waals surface area contributed by atoms with Crippen LogP contribution in [-0.4, -0.2) is 51.5 Å². The van der Waals surface area contributed by atoms with Gasteiger partial charge in [-0.25, -0.2) is 8.42 Å². The third kappa shape index (κ3) is 4.05. The second-order valence-corrected chi connectivity index (χ2v) is 9.88. The number of sulfonamides is 1. The SMILES string of the molecule is O=C(NC[C@@H]1CCOC1)C1CCN(S(=O)(=O)c2ccc3c(c2)CCC3)CC1. The van der Waals surface area contributed by atoms with E-state index in [1.165, 1.54) is 15.4 Å². The Labute approximate surface area is 161 Å². The number of nitrogens with zero attached hydrogens (tertiary/aromatic N) is 1. The van der Waals surface area contributed by atoms with Gasteiger partial charge < -0.3 is 10.1 Å². The quantitative estimate of drug-likeness (QED) is 0.828. The number of benzene rings is 1. The standard InChI is InChI=1S/C20H28N2O4S/c23-20(21-13-15-8-11-26-14-15)17-6-9-22(10-7-17)27(24,25)19-5-4-16-2-1-3-18(16)12-19/h4-5,12,15,17H,1-3,6-11,13-14H2,(H,21,23)/t15-/m0/s1. The maximum absolute atomic E-state index is 13.0. The summed E-state index contributed by atoms with van der Waals surface area (Å²) in [5.74, 6) is 0.365. The van der Waals surface area contributed by atoms with E-state index in [0.717, 1.165) is 38.9 Å². The van der Waals surface area contributed by atoms with Crippen LogP contribution in [0.1, 0.15) is 36.8 Å². The first-order valence-electron chi connectivity index (χ1n) is 10.0. The van der Waals surface area contributed by atoms with E-state index < -0.39 is 10.0 Å². The van der Waals surface area contributed by atoms with E-state index in [1.807, 2.05) is 12.1 Å². The fraction of sp³-hybridized carbons (Fsp3) is 0.650. The number of hydrogen-bond donors (Lipinski definition) is 1. The average Bonchev–Trinajstić information content (AvgIpc) is 3.37. The first kappa shape index (κ1) is 18.9. The fourth-order valence-corrected chi connectivity index (χ4v) is 5.87. The molecule has 0 unspecified atom stereocenters. The summed E-state index contributed by atoms with van der Waals surface area (Å²) < 4.78 is 32.8. The van der Waals surface area contributed by atoms with Gasteiger partial charge in [-0.1, -0.05) is 6.07 Å². The Morgan fingerprint density at radius 2 is 1.93 bits per heavy atom. The summed E-state index contributed by atoms with van der Waals surface area (Å²) in [7, 11) is -3.47. The van der Waals surface area contributed by atoms with E-state index in [1.54, 1.807) is 6.07 Å². The molecule has 0 bridgehead atoms. The molecule has 2 aliphatic heterocycles. The van der Waals surface area contributed by atoms with Crippen molar-refractivity contribution in [3.63, 3.8) is 0 Å². The maximum Gasteiger partial charge on any atom is 0.243 e. The van der Waals surface area contributed by atoms with Gasteiger partial charge >= 0.3 is 0 Å². The van der Waals surface area contributed by atoms with Crippen LogP contribution in [0.25, 0.3) is 0 Å². The van der Waals surface area contributed by atoms with Crippen LogP contribution in [0.2, 0.25) is 0 Å². The Morgan fingerprint density at radius 3 is 2.67 bits per heavy atom. The van der Waals surface area contributed by atoms with Gasteiger partial charge in [0, 0.05) is 38.1 Å². The lowest BCUT2D eigenvalue weighted by Gasteiger charge is -2.30. The number of fused-ring (bicyclic) bond motifs is 1. The molecule has 1 aliphatic carbocycles. The molecule has 7 heteroatoms. The van der Waals surface area contributed by atoms with E-state index in [9.17, 15) is 13.2 Å². The lowest BCUT2D eigenvalue weighted by molar-refractivity contribution is -0.126. The molecule has 0 aromatic heterocycles. The van der Waals surface area contributed by atoms with Crippen molar-refractivity contribution in [3.05, 3.63) is 29.3 Å². The summed E-state index contributed by atoms with van der Waals surface area (Å²) in [6.45, 7) is 2.97. The molecule has 4 rings (SSSR count). The molecule has 0 spiro atoms. The largest absolute Gasteiger partial charge is 0.381 e. The van der Waals surface area contributed by atoms with Gasteiger partial charge in [0.15, 0.2) is 0 Å². The van der Waals surface area contributed by atoms with Crippen molar-refractivity contribution in [2.24, 2.45) is 11.8 Å². The second kappa shape index (κ2) is 7.89. The summed E-state index contributed by atoms with van der Waals surface area (Å²) in [4.78, 5) is 12.8. The monoisotopic (exact) mass is 392 g/mol. The highest BCUT2D eigenvalue weighted by molar-refractivity contribution is 7.89. The molecule has 27 heavy (non-hydrogen) atoms. The third-order valence-corrected chi connectivity index (χ3v) is 8.02. The Kier molecular flexibility index (Phi) is 5.53. The lowest BCUT2D eigenvalue weighted by atomic mass is 9.97. The molecular weight excluding hydrogens is 364 g/mol. The van der Waals surface area contributed by atoms with Gasteiger partial charge in [0.1, 0.15) is 0 Å². The number of piperidine rings is 1. The molecule has 1 aromatic carbocycles. The Morgan fingerprint density at radius 1 is 1.15 bits per heavy atom. The first-order chi connectivity index (χ1) is 13.0. The molecule has 2 heterocycles. The number of carbonyl (C=O) groups is 1. The second-order valence-electron chi connectivity index (χ2n) is 7.94. The zero-order chi connectivity index (χ0) is 18.9. The van der Waals surface area contributed by atoms with Gasteiger partial charge in [0.2, 0.25) is 15.9 Å². The number of amides is 1. The first-order valence-corrected chi connectivity index (χ1v) is 11.5. The van der Waals surface area contributed by atoms with Crippen LogP contribution >= 0.6 is 0 Å². The predicted molar refractivity (Wildman–Crippen MR) is 102 cm³/mol. The summed E-state index contributed by atoms with van der Waals surface area (Å²) in [5, 5.41) is 3.02. The van der Waals surface area contributed by atoms with Crippen molar-refractivity contribution in [3.8, 4) is 0 Å². The number of rotatable bonds is 5. The van der Waals surface area contributed by atoms with Crippen LogP contribution < -0.4 is 5.32 Å². The minimum absolute atomic E-state index is 0.0523.